The van der Waals surface area contributed by atoms with Gasteiger partial charge in [-0.1, -0.05) is 12.1 Å². The van der Waals surface area contributed by atoms with Crippen LogP contribution in [0.3, 0.4) is 0 Å². The molecule has 1 aliphatic rings. The van der Waals surface area contributed by atoms with Gasteiger partial charge in [0.05, 0.1) is 19.8 Å². The van der Waals surface area contributed by atoms with Gasteiger partial charge in [0.2, 0.25) is 5.91 Å². The number of guanidine groups is 1. The van der Waals surface area contributed by atoms with Gasteiger partial charge in [-0.05, 0) is 36.8 Å². The van der Waals surface area contributed by atoms with Crippen molar-refractivity contribution in [1.82, 2.24) is 5.32 Å². The molecule has 0 aliphatic carbocycles. The number of nitrogens with zero attached hydrogens (tertiary/aromatic N) is 1. The summed E-state index contributed by atoms with van der Waals surface area (Å²) in [6.45, 7) is 4.52. The molecular weight excluding hydrogens is 471 g/mol. The zero-order chi connectivity index (χ0) is 19.1. The molecule has 3 rings (SSSR count). The molecule has 0 unspecified atom stereocenters. The molecule has 2 aromatic carbocycles. The van der Waals surface area contributed by atoms with Crippen LogP contribution in [-0.2, 0) is 6.54 Å². The van der Waals surface area contributed by atoms with Gasteiger partial charge < -0.3 is 25.8 Å². The largest absolute Gasteiger partial charge is 0.490 e. The van der Waals surface area contributed by atoms with Crippen molar-refractivity contribution >= 4 is 41.5 Å². The highest BCUT2D eigenvalue weighted by molar-refractivity contribution is 14.0. The molecule has 0 atom stereocenters. The molecule has 0 spiro atoms. The van der Waals surface area contributed by atoms with E-state index < -0.39 is 5.91 Å². The Balaban J connectivity index is 0.00000280. The monoisotopic (exact) mass is 496 g/mol. The highest BCUT2D eigenvalue weighted by atomic mass is 127. The van der Waals surface area contributed by atoms with Crippen molar-refractivity contribution in [2.45, 2.75) is 19.9 Å². The molecule has 1 amide bonds. The summed E-state index contributed by atoms with van der Waals surface area (Å²) in [7, 11) is 0. The summed E-state index contributed by atoms with van der Waals surface area (Å²) >= 11 is 0. The molecule has 0 bridgehead atoms. The van der Waals surface area contributed by atoms with E-state index in [1.165, 1.54) is 0 Å². The first-order valence-electron chi connectivity index (χ1n) is 8.99. The Kier molecular flexibility index (Phi) is 8.37. The molecule has 150 valence electrons. The first-order chi connectivity index (χ1) is 13.2. The zero-order valence-electron chi connectivity index (χ0n) is 15.7. The fraction of sp³-hybridized carbons (Fsp3) is 0.300. The Morgan fingerprint density at radius 1 is 1.11 bits per heavy atom. The Hall–Kier alpha value is -2.49. The molecule has 0 aromatic heterocycles. The zero-order valence-corrected chi connectivity index (χ0v) is 18.1. The van der Waals surface area contributed by atoms with E-state index in [2.05, 4.69) is 15.6 Å². The van der Waals surface area contributed by atoms with Crippen LogP contribution in [0.2, 0.25) is 0 Å². The minimum absolute atomic E-state index is 0. The van der Waals surface area contributed by atoms with Gasteiger partial charge in [-0.2, -0.15) is 0 Å². The number of aliphatic imine (C=N–C) groups is 1. The molecule has 0 fully saturated rings. The minimum atomic E-state index is -0.436. The summed E-state index contributed by atoms with van der Waals surface area (Å²) in [5.74, 6) is 1.71. The number of hydrogen-bond acceptors (Lipinski definition) is 4. The lowest BCUT2D eigenvalue weighted by molar-refractivity contribution is 0.100. The van der Waals surface area contributed by atoms with Crippen molar-refractivity contribution in [3.05, 3.63) is 53.6 Å². The van der Waals surface area contributed by atoms with E-state index in [1.807, 2.05) is 37.3 Å². The van der Waals surface area contributed by atoms with E-state index in [4.69, 9.17) is 15.2 Å². The molecule has 0 saturated carbocycles. The smallest absolute Gasteiger partial charge is 0.248 e. The maximum Gasteiger partial charge on any atom is 0.248 e. The lowest BCUT2D eigenvalue weighted by atomic mass is 10.1. The summed E-state index contributed by atoms with van der Waals surface area (Å²) in [5, 5.41) is 6.50. The van der Waals surface area contributed by atoms with E-state index in [0.29, 0.717) is 31.3 Å². The number of fused-ring (bicyclic) bond motifs is 1. The highest BCUT2D eigenvalue weighted by Gasteiger charge is 2.11. The fourth-order valence-corrected chi connectivity index (χ4v) is 2.63. The normalized spacial score (nSPS) is 13.1. The van der Waals surface area contributed by atoms with Crippen LogP contribution >= 0.6 is 24.0 Å². The Labute approximate surface area is 181 Å². The third-order valence-corrected chi connectivity index (χ3v) is 4.01. The van der Waals surface area contributed by atoms with Crippen molar-refractivity contribution in [3.8, 4) is 11.5 Å². The van der Waals surface area contributed by atoms with E-state index in [0.717, 1.165) is 35.7 Å². The van der Waals surface area contributed by atoms with Crippen molar-refractivity contribution in [2.75, 3.05) is 25.1 Å². The summed E-state index contributed by atoms with van der Waals surface area (Å²) in [6.07, 6.45) is 0.871. The second-order valence-electron chi connectivity index (χ2n) is 6.09. The number of amides is 1. The van der Waals surface area contributed by atoms with Crippen molar-refractivity contribution in [3.63, 3.8) is 0 Å². The van der Waals surface area contributed by atoms with Crippen molar-refractivity contribution in [1.29, 1.82) is 0 Å². The van der Waals surface area contributed by atoms with Gasteiger partial charge in [-0.15, -0.1) is 24.0 Å². The number of rotatable bonds is 5. The third-order valence-electron chi connectivity index (χ3n) is 4.01. The lowest BCUT2D eigenvalue weighted by Crippen LogP contribution is -2.30. The summed E-state index contributed by atoms with van der Waals surface area (Å²) in [6, 6.07) is 12.8. The number of hydrogen-bond donors (Lipinski definition) is 3. The molecule has 8 heteroatoms. The van der Waals surface area contributed by atoms with Crippen LogP contribution in [0.4, 0.5) is 5.69 Å². The van der Waals surface area contributed by atoms with Gasteiger partial charge in [-0.3, -0.25) is 4.79 Å². The van der Waals surface area contributed by atoms with Crippen molar-refractivity contribution < 1.29 is 14.3 Å². The van der Waals surface area contributed by atoms with Crippen LogP contribution < -0.4 is 25.8 Å². The predicted molar refractivity (Wildman–Crippen MR) is 121 cm³/mol. The SMILES string of the molecule is CCNC(=NCc1ccc(C(N)=O)cc1)Nc1ccc2c(c1)OCCCO2.I. The van der Waals surface area contributed by atoms with E-state index in [-0.39, 0.29) is 24.0 Å². The number of carbonyl (C=O) groups excluding carboxylic acids is 1. The number of nitrogens with one attached hydrogen (secondary N) is 2. The van der Waals surface area contributed by atoms with Gasteiger partial charge in [0, 0.05) is 30.3 Å². The summed E-state index contributed by atoms with van der Waals surface area (Å²) in [5.41, 5.74) is 7.60. The second kappa shape index (κ2) is 10.7. The van der Waals surface area contributed by atoms with Crippen molar-refractivity contribution in [2.24, 2.45) is 10.7 Å². The average molecular weight is 496 g/mol. The summed E-state index contributed by atoms with van der Waals surface area (Å²) < 4.78 is 11.4. The van der Waals surface area contributed by atoms with Gasteiger partial charge in [-0.25, -0.2) is 4.99 Å². The number of primary amides is 1. The average Bonchev–Trinajstić information content (AvgIpc) is 2.91. The number of halogens is 1. The number of anilines is 1. The van der Waals surface area contributed by atoms with Crippen LogP contribution in [0.15, 0.2) is 47.5 Å². The number of nitrogens with two attached hydrogens (primary N) is 1. The van der Waals surface area contributed by atoms with Gasteiger partial charge in [0.15, 0.2) is 17.5 Å². The van der Waals surface area contributed by atoms with Crippen LogP contribution in [0.1, 0.15) is 29.3 Å². The fourth-order valence-electron chi connectivity index (χ4n) is 2.63. The number of carbonyl (C=O) groups is 1. The van der Waals surface area contributed by atoms with Crippen LogP contribution in [0.25, 0.3) is 0 Å². The molecule has 0 saturated heterocycles. The number of ether oxygens (including phenoxy) is 2. The van der Waals surface area contributed by atoms with E-state index >= 15 is 0 Å². The van der Waals surface area contributed by atoms with Gasteiger partial charge in [0.1, 0.15) is 0 Å². The van der Waals surface area contributed by atoms with E-state index in [1.54, 1.807) is 12.1 Å². The number of benzene rings is 2. The minimum Gasteiger partial charge on any atom is -0.490 e. The maximum absolute atomic E-state index is 11.1. The van der Waals surface area contributed by atoms with Gasteiger partial charge >= 0.3 is 0 Å². The Morgan fingerprint density at radius 3 is 2.50 bits per heavy atom. The van der Waals surface area contributed by atoms with E-state index in [9.17, 15) is 4.79 Å². The standard InChI is InChI=1S/C20H24N4O3.HI/c1-2-22-20(23-13-14-4-6-15(7-5-14)19(21)25)24-16-8-9-17-18(12-16)27-11-3-10-26-17;/h4-9,12H,2-3,10-11,13H2,1H3,(H2,21,25)(H2,22,23,24);1H. The second-order valence-corrected chi connectivity index (χ2v) is 6.09. The molecule has 28 heavy (non-hydrogen) atoms. The highest BCUT2D eigenvalue weighted by Crippen LogP contribution is 2.32. The Bertz CT molecular complexity index is 825. The molecule has 2 aromatic rings. The van der Waals surface area contributed by atoms with Crippen LogP contribution in [0.5, 0.6) is 11.5 Å². The quantitative estimate of drug-likeness (QED) is 0.336. The maximum atomic E-state index is 11.1. The molecular formula is C20H25IN4O3. The first kappa shape index (κ1) is 21.8. The molecule has 1 heterocycles. The van der Waals surface area contributed by atoms with Gasteiger partial charge in [0.25, 0.3) is 0 Å². The molecule has 7 nitrogen and oxygen atoms in total. The predicted octanol–water partition coefficient (Wildman–Crippen LogP) is 3.14. The lowest BCUT2D eigenvalue weighted by Gasteiger charge is -2.13. The van der Waals surface area contributed by atoms with Crippen LogP contribution in [0, 0.1) is 0 Å². The molecule has 4 N–H and O–H groups in total. The third kappa shape index (κ3) is 6.01. The topological polar surface area (TPSA) is 98.0 Å². The Morgan fingerprint density at radius 2 is 1.82 bits per heavy atom. The first-order valence-corrected chi connectivity index (χ1v) is 8.99. The summed E-state index contributed by atoms with van der Waals surface area (Å²) in [4.78, 5) is 15.7. The molecule has 1 aliphatic heterocycles. The molecule has 0 radical (unpaired) electrons. The van der Waals surface area contributed by atoms with Crippen LogP contribution in [-0.4, -0.2) is 31.6 Å².